The Labute approximate surface area is 161 Å². The minimum Gasteiger partial charge on any atom is -0.383 e. The molecule has 6 nitrogen and oxygen atoms in total. The number of aryl methyl sites for hydroxylation is 1. The predicted octanol–water partition coefficient (Wildman–Crippen LogP) is 2.05. The van der Waals surface area contributed by atoms with Crippen molar-refractivity contribution in [2.75, 3.05) is 54.0 Å². The van der Waals surface area contributed by atoms with Crippen LogP contribution in [-0.4, -0.2) is 74.7 Å². The van der Waals surface area contributed by atoms with Crippen molar-refractivity contribution in [1.29, 1.82) is 0 Å². The highest BCUT2D eigenvalue weighted by molar-refractivity contribution is 14.0. The van der Waals surface area contributed by atoms with Crippen LogP contribution in [-0.2, 0) is 11.3 Å². The number of hydrogen-bond acceptors (Lipinski definition) is 5. The number of nitrogens with one attached hydrogen (secondary N) is 1. The van der Waals surface area contributed by atoms with Crippen LogP contribution in [0.3, 0.4) is 0 Å². The number of thiazole rings is 1. The van der Waals surface area contributed by atoms with E-state index >= 15 is 0 Å². The molecule has 0 aromatic carbocycles. The Balaban J connectivity index is 0.00000484. The van der Waals surface area contributed by atoms with Gasteiger partial charge in [-0.2, -0.15) is 0 Å². The van der Waals surface area contributed by atoms with Gasteiger partial charge in [0.15, 0.2) is 5.96 Å². The average molecular weight is 455 g/mol. The number of aliphatic imine (C=N–C) groups is 1. The van der Waals surface area contributed by atoms with Crippen molar-refractivity contribution in [2.45, 2.75) is 20.4 Å². The number of aromatic nitrogens is 1. The highest BCUT2D eigenvalue weighted by atomic mass is 127. The number of hydrogen-bond donors (Lipinski definition) is 1. The molecule has 0 aliphatic heterocycles. The zero-order chi connectivity index (χ0) is 16.4. The molecule has 0 aliphatic rings. The van der Waals surface area contributed by atoms with E-state index in [0.29, 0.717) is 0 Å². The third kappa shape index (κ3) is 9.43. The lowest BCUT2D eigenvalue weighted by atomic mass is 10.4. The molecule has 0 radical (unpaired) electrons. The second-order valence-electron chi connectivity index (χ2n) is 5.25. The molecular formula is C15H30IN5OS. The van der Waals surface area contributed by atoms with Crippen LogP contribution >= 0.6 is 35.3 Å². The molecule has 0 saturated heterocycles. The summed E-state index contributed by atoms with van der Waals surface area (Å²) in [7, 11) is 5.86. The van der Waals surface area contributed by atoms with Gasteiger partial charge in [-0.3, -0.25) is 4.99 Å². The van der Waals surface area contributed by atoms with Gasteiger partial charge >= 0.3 is 0 Å². The Hall–Kier alpha value is -0.450. The number of halogens is 1. The third-order valence-electron chi connectivity index (χ3n) is 3.18. The minimum atomic E-state index is 0. The Morgan fingerprint density at radius 3 is 2.70 bits per heavy atom. The van der Waals surface area contributed by atoms with Gasteiger partial charge in [-0.05, 0) is 20.9 Å². The van der Waals surface area contributed by atoms with Crippen LogP contribution in [0.4, 0.5) is 0 Å². The Morgan fingerprint density at radius 2 is 2.13 bits per heavy atom. The summed E-state index contributed by atoms with van der Waals surface area (Å²) in [5.74, 6) is 0.924. The molecule has 1 aromatic rings. The lowest BCUT2D eigenvalue weighted by Crippen LogP contribution is -2.39. The van der Waals surface area contributed by atoms with Crippen molar-refractivity contribution >= 4 is 41.3 Å². The zero-order valence-electron chi connectivity index (χ0n) is 14.8. The van der Waals surface area contributed by atoms with E-state index in [-0.39, 0.29) is 24.0 Å². The van der Waals surface area contributed by atoms with Crippen LogP contribution in [0.2, 0.25) is 0 Å². The first-order valence-corrected chi connectivity index (χ1v) is 8.52. The van der Waals surface area contributed by atoms with E-state index in [1.807, 2.05) is 14.0 Å². The van der Waals surface area contributed by atoms with Gasteiger partial charge in [0.05, 0.1) is 30.4 Å². The summed E-state index contributed by atoms with van der Waals surface area (Å²) in [6.45, 7) is 9.11. The topological polar surface area (TPSA) is 53.0 Å². The molecule has 8 heteroatoms. The maximum absolute atomic E-state index is 5.08. The Bertz CT molecular complexity index is 455. The quantitative estimate of drug-likeness (QED) is 0.351. The molecule has 0 fully saturated rings. The van der Waals surface area contributed by atoms with E-state index in [9.17, 15) is 0 Å². The van der Waals surface area contributed by atoms with E-state index in [2.05, 4.69) is 44.4 Å². The molecule has 0 spiro atoms. The normalized spacial score (nSPS) is 11.5. The summed E-state index contributed by atoms with van der Waals surface area (Å²) in [6, 6.07) is 0. The fraction of sp³-hybridized carbons (Fsp3) is 0.733. The second kappa shape index (κ2) is 12.9. The summed E-state index contributed by atoms with van der Waals surface area (Å²) in [5, 5.41) is 6.54. The number of likely N-dealkylation sites (N-methyl/N-ethyl adjacent to an activating group) is 1. The van der Waals surface area contributed by atoms with Crippen molar-refractivity contribution in [3.05, 3.63) is 16.1 Å². The summed E-state index contributed by atoms with van der Waals surface area (Å²) in [6.07, 6.45) is 0. The number of methoxy groups -OCH3 is 1. The van der Waals surface area contributed by atoms with E-state index in [4.69, 9.17) is 4.74 Å². The molecule has 0 bridgehead atoms. The lowest BCUT2D eigenvalue weighted by molar-refractivity contribution is 0.163. The second-order valence-corrected chi connectivity index (χ2v) is 6.31. The maximum atomic E-state index is 5.08. The molecule has 1 heterocycles. The van der Waals surface area contributed by atoms with E-state index in [0.717, 1.165) is 56.0 Å². The molecule has 1 rings (SSSR count). The highest BCUT2D eigenvalue weighted by Gasteiger charge is 2.08. The van der Waals surface area contributed by atoms with Gasteiger partial charge in [0.2, 0.25) is 0 Å². The number of rotatable bonds is 9. The van der Waals surface area contributed by atoms with Gasteiger partial charge in [0, 0.05) is 39.2 Å². The third-order valence-corrected chi connectivity index (χ3v) is 4.00. The fourth-order valence-electron chi connectivity index (χ4n) is 1.95. The molecule has 0 aliphatic carbocycles. The van der Waals surface area contributed by atoms with Gasteiger partial charge in [0.25, 0.3) is 0 Å². The number of nitrogens with zero attached hydrogens (tertiary/aromatic N) is 4. The molecule has 134 valence electrons. The van der Waals surface area contributed by atoms with Crippen molar-refractivity contribution in [2.24, 2.45) is 4.99 Å². The smallest absolute Gasteiger partial charge is 0.194 e. The van der Waals surface area contributed by atoms with Crippen molar-refractivity contribution < 1.29 is 4.74 Å². The van der Waals surface area contributed by atoms with E-state index < -0.39 is 0 Å². The summed E-state index contributed by atoms with van der Waals surface area (Å²) in [5.41, 5.74) is 1.09. The van der Waals surface area contributed by atoms with Gasteiger partial charge in [-0.1, -0.05) is 0 Å². The number of guanidine groups is 1. The molecule has 23 heavy (non-hydrogen) atoms. The molecule has 1 aromatic heterocycles. The van der Waals surface area contributed by atoms with Crippen LogP contribution < -0.4 is 5.32 Å². The predicted molar refractivity (Wildman–Crippen MR) is 109 cm³/mol. The van der Waals surface area contributed by atoms with Crippen LogP contribution in [0.15, 0.2) is 10.4 Å². The van der Waals surface area contributed by atoms with Crippen LogP contribution in [0.1, 0.15) is 17.6 Å². The molecule has 0 saturated carbocycles. The highest BCUT2D eigenvalue weighted by Crippen LogP contribution is 2.09. The molecule has 0 unspecified atom stereocenters. The minimum absolute atomic E-state index is 0. The van der Waals surface area contributed by atoms with Gasteiger partial charge in [-0.15, -0.1) is 35.3 Å². The van der Waals surface area contributed by atoms with Crippen LogP contribution in [0.5, 0.6) is 0 Å². The first kappa shape index (κ1) is 22.6. The summed E-state index contributed by atoms with van der Waals surface area (Å²) < 4.78 is 5.08. The first-order valence-electron chi connectivity index (χ1n) is 7.64. The fourth-order valence-corrected chi connectivity index (χ4v) is 2.56. The largest absolute Gasteiger partial charge is 0.383 e. The number of ether oxygens (including phenoxy) is 1. The monoisotopic (exact) mass is 455 g/mol. The van der Waals surface area contributed by atoms with Crippen LogP contribution in [0, 0.1) is 6.92 Å². The lowest BCUT2D eigenvalue weighted by Gasteiger charge is -2.22. The Kier molecular flexibility index (Phi) is 12.7. The maximum Gasteiger partial charge on any atom is 0.194 e. The van der Waals surface area contributed by atoms with Crippen molar-refractivity contribution in [3.8, 4) is 0 Å². The summed E-state index contributed by atoms with van der Waals surface area (Å²) in [4.78, 5) is 13.5. The SMILES string of the molecule is CCNC(=NCCN(C)CCOC)N(C)Cc1csc(C)n1.I. The van der Waals surface area contributed by atoms with Gasteiger partial charge in [0.1, 0.15) is 0 Å². The van der Waals surface area contributed by atoms with Gasteiger partial charge < -0.3 is 19.9 Å². The van der Waals surface area contributed by atoms with E-state index in [1.54, 1.807) is 18.4 Å². The molecule has 0 atom stereocenters. The standard InChI is InChI=1S/C15H29N5OS.HI/c1-6-16-15(17-7-8-19(3)9-10-21-5)20(4)11-14-12-22-13(2)18-14;/h12H,6-11H2,1-5H3,(H,16,17);1H. The van der Waals surface area contributed by atoms with Crippen LogP contribution in [0.25, 0.3) is 0 Å². The van der Waals surface area contributed by atoms with Gasteiger partial charge in [-0.25, -0.2) is 4.98 Å². The van der Waals surface area contributed by atoms with E-state index in [1.165, 1.54) is 0 Å². The van der Waals surface area contributed by atoms with Crippen molar-refractivity contribution in [1.82, 2.24) is 20.1 Å². The zero-order valence-corrected chi connectivity index (χ0v) is 18.0. The molecule has 0 amide bonds. The Morgan fingerprint density at radius 1 is 1.39 bits per heavy atom. The van der Waals surface area contributed by atoms with Crippen molar-refractivity contribution in [3.63, 3.8) is 0 Å². The summed E-state index contributed by atoms with van der Waals surface area (Å²) >= 11 is 1.68. The first-order chi connectivity index (χ1) is 10.6. The average Bonchev–Trinajstić information content (AvgIpc) is 2.89. The molecular weight excluding hydrogens is 425 g/mol. The molecule has 1 N–H and O–H groups in total.